The molecule has 0 bridgehead atoms. The van der Waals surface area contributed by atoms with Crippen LogP contribution in [0.15, 0.2) is 16.9 Å². The summed E-state index contributed by atoms with van der Waals surface area (Å²) in [5, 5.41) is 0. The molecule has 10 heavy (non-hydrogen) atoms. The Labute approximate surface area is 90.3 Å². The van der Waals surface area contributed by atoms with Crippen molar-refractivity contribution in [3.8, 4) is 6.08 Å². The fraction of sp³-hybridized carbons (Fsp3) is 0. The summed E-state index contributed by atoms with van der Waals surface area (Å²) < 4.78 is 18.5. The summed E-state index contributed by atoms with van der Waals surface area (Å²) in [6.45, 7) is 0. The second kappa shape index (κ2) is 5.04. The standard InChI is InChI=1S/C3H2NO4P.Ca.2H/c5-9(6)8-3-4-1-2-7-3;;;/h1-2H;;;/q;+2;2*-1/p+1. The Morgan fingerprint density at radius 3 is 3.00 bits per heavy atom. The molecule has 1 heterocycles. The molecule has 1 aromatic rings. The second-order valence-electron chi connectivity index (χ2n) is 1.13. The Morgan fingerprint density at radius 1 is 1.90 bits per heavy atom. The van der Waals surface area contributed by atoms with Crippen LogP contribution in [0.4, 0.5) is 0 Å². The fourth-order valence-electron chi connectivity index (χ4n) is 0.322. The van der Waals surface area contributed by atoms with Gasteiger partial charge in [-0.05, 0) is 0 Å². The Kier molecular flexibility index (Phi) is 5.21. The van der Waals surface area contributed by atoms with Crippen molar-refractivity contribution >= 4 is 46.0 Å². The largest absolute Gasteiger partial charge is 2.00 e. The summed E-state index contributed by atoms with van der Waals surface area (Å²) in [7, 11) is -2.66. The minimum atomic E-state index is -2.66. The van der Waals surface area contributed by atoms with E-state index in [9.17, 15) is 4.57 Å². The zero-order chi connectivity index (χ0) is 6.69. The molecule has 52 valence electrons. The molecule has 1 rings (SSSR count). The van der Waals surface area contributed by atoms with Gasteiger partial charge in [-0.2, -0.15) is 9.51 Å². The van der Waals surface area contributed by atoms with Gasteiger partial charge in [0.2, 0.25) is 0 Å². The third kappa shape index (κ3) is 3.49. The summed E-state index contributed by atoms with van der Waals surface area (Å²) in [4.78, 5) is 11.5. The first-order valence-electron chi connectivity index (χ1n) is 2.02. The van der Waals surface area contributed by atoms with E-state index in [1.165, 1.54) is 12.5 Å². The van der Waals surface area contributed by atoms with Gasteiger partial charge in [0, 0.05) is 4.57 Å². The van der Waals surface area contributed by atoms with Crippen molar-refractivity contribution in [1.29, 1.82) is 0 Å². The van der Waals surface area contributed by atoms with E-state index in [1.54, 1.807) is 0 Å². The summed E-state index contributed by atoms with van der Waals surface area (Å²) in [6.07, 6.45) is 2.36. The molecule has 7 heteroatoms. The van der Waals surface area contributed by atoms with Gasteiger partial charge in [-0.25, -0.2) is 0 Å². The van der Waals surface area contributed by atoms with Gasteiger partial charge in [0.25, 0.3) is 0 Å². The predicted octanol–water partition coefficient (Wildman–Crippen LogP) is 0.547. The van der Waals surface area contributed by atoms with E-state index in [-0.39, 0.29) is 46.7 Å². The van der Waals surface area contributed by atoms with Crippen LogP contribution < -0.4 is 4.52 Å². The smallest absolute Gasteiger partial charge is 1.00 e. The zero-order valence-electron chi connectivity index (χ0n) is 6.93. The first-order chi connectivity index (χ1) is 4.29. The summed E-state index contributed by atoms with van der Waals surface area (Å²) in [5.41, 5.74) is 0. The number of hydrogen-bond donors (Lipinski definition) is 1. The topological polar surface area (TPSA) is 72.6 Å². The normalized spacial score (nSPS) is 9.90. The van der Waals surface area contributed by atoms with Crippen LogP contribution in [-0.4, -0.2) is 47.6 Å². The molecule has 0 spiro atoms. The number of nitrogens with zero attached hydrogens (tertiary/aromatic N) is 1. The van der Waals surface area contributed by atoms with Crippen LogP contribution in [0.3, 0.4) is 0 Å². The molecule has 0 aromatic carbocycles. The maximum atomic E-state index is 9.89. The van der Waals surface area contributed by atoms with Crippen molar-refractivity contribution in [3.63, 3.8) is 0 Å². The van der Waals surface area contributed by atoms with Crippen molar-refractivity contribution in [2.75, 3.05) is 0 Å². The predicted molar refractivity (Wildman–Crippen MR) is 34.9 cm³/mol. The van der Waals surface area contributed by atoms with Gasteiger partial charge >= 0.3 is 52.1 Å². The van der Waals surface area contributed by atoms with Crippen LogP contribution in [0.5, 0.6) is 6.08 Å². The molecule has 0 amide bonds. The number of oxazole rings is 1. The first-order valence-corrected chi connectivity index (χ1v) is 3.15. The van der Waals surface area contributed by atoms with E-state index in [0.717, 1.165) is 0 Å². The summed E-state index contributed by atoms with van der Waals surface area (Å²) >= 11 is 0. The van der Waals surface area contributed by atoms with Crippen molar-refractivity contribution in [3.05, 3.63) is 12.5 Å². The Hall–Kier alpha value is 0.330. The van der Waals surface area contributed by atoms with E-state index in [1.807, 2.05) is 0 Å². The first kappa shape index (κ1) is 10.3. The van der Waals surface area contributed by atoms with Crippen molar-refractivity contribution in [2.24, 2.45) is 0 Å². The van der Waals surface area contributed by atoms with Gasteiger partial charge in [-0.3, -0.25) is 0 Å². The molecule has 0 aliphatic heterocycles. The van der Waals surface area contributed by atoms with Gasteiger partial charge in [-0.1, -0.05) is 0 Å². The molecular weight excluding hydrogens is 185 g/mol. The van der Waals surface area contributed by atoms with Crippen molar-refractivity contribution in [1.82, 2.24) is 4.98 Å². The minimum Gasteiger partial charge on any atom is -1.00 e. The quantitative estimate of drug-likeness (QED) is 0.544. The van der Waals surface area contributed by atoms with Crippen molar-refractivity contribution < 1.29 is 21.3 Å². The average Bonchev–Trinajstić information content (AvgIpc) is 2.15. The van der Waals surface area contributed by atoms with Crippen LogP contribution in [0.25, 0.3) is 0 Å². The number of aromatic nitrogens is 1. The maximum absolute atomic E-state index is 9.89. The third-order valence-corrected chi connectivity index (χ3v) is 0.878. The molecule has 1 aromatic heterocycles. The molecule has 5 nitrogen and oxygen atoms in total. The van der Waals surface area contributed by atoms with Crippen LogP contribution in [0.2, 0.25) is 0 Å². The van der Waals surface area contributed by atoms with Crippen molar-refractivity contribution in [2.45, 2.75) is 0 Å². The molecule has 0 saturated carbocycles. The van der Waals surface area contributed by atoms with E-state index in [4.69, 9.17) is 4.89 Å². The third-order valence-electron chi connectivity index (χ3n) is 0.566. The van der Waals surface area contributed by atoms with Gasteiger partial charge in [0.05, 0.1) is 6.20 Å². The summed E-state index contributed by atoms with van der Waals surface area (Å²) in [5.74, 6) is 0. The zero-order valence-corrected chi connectivity index (χ0v) is 8.03. The SMILES string of the molecule is O=[P+](O)Oc1ncco1.[Ca+2].[H-].[H-]. The Bertz CT molecular complexity index is 208. The molecule has 0 aliphatic rings. The Morgan fingerprint density at radius 2 is 2.60 bits per heavy atom. The molecule has 1 atom stereocenters. The van der Waals surface area contributed by atoms with E-state index >= 15 is 0 Å². The molecule has 0 saturated heterocycles. The molecule has 1 N–H and O–H groups in total. The summed E-state index contributed by atoms with van der Waals surface area (Å²) in [6, 6.07) is 0. The number of hydrogen-bond acceptors (Lipinski definition) is 4. The van der Waals surface area contributed by atoms with Crippen LogP contribution >= 0.6 is 8.25 Å². The van der Waals surface area contributed by atoms with Gasteiger partial charge < -0.3 is 7.27 Å². The molecule has 1 unspecified atom stereocenters. The van der Waals surface area contributed by atoms with Crippen LogP contribution in [-0.2, 0) is 4.57 Å². The van der Waals surface area contributed by atoms with Gasteiger partial charge in [0.15, 0.2) is 0 Å². The second-order valence-corrected chi connectivity index (χ2v) is 1.79. The fourth-order valence-corrected chi connectivity index (χ4v) is 0.546. The monoisotopic (exact) mass is 190 g/mol. The molecule has 0 aliphatic carbocycles. The Balaban J connectivity index is -0.000000270. The molecular formula is C3H5CaNO4P+. The number of rotatable bonds is 2. The van der Waals surface area contributed by atoms with Crippen LogP contribution in [0, 0.1) is 0 Å². The van der Waals surface area contributed by atoms with Gasteiger partial charge in [-0.15, -0.1) is 4.89 Å². The average molecular weight is 190 g/mol. The van der Waals surface area contributed by atoms with Crippen LogP contribution in [0.1, 0.15) is 2.85 Å². The van der Waals surface area contributed by atoms with E-state index in [2.05, 4.69) is 13.9 Å². The van der Waals surface area contributed by atoms with E-state index < -0.39 is 8.25 Å². The molecule has 0 fully saturated rings. The van der Waals surface area contributed by atoms with E-state index in [0.29, 0.717) is 0 Å². The molecule has 0 radical (unpaired) electrons. The maximum Gasteiger partial charge on any atom is 2.00 e. The minimum absolute atomic E-state index is 0. The van der Waals surface area contributed by atoms with Gasteiger partial charge in [0.1, 0.15) is 6.26 Å².